The van der Waals surface area contributed by atoms with Crippen LogP contribution in [0.25, 0.3) is 0 Å². The van der Waals surface area contributed by atoms with Crippen molar-refractivity contribution in [2.45, 2.75) is 26.0 Å². The number of aliphatic hydroxyl groups is 1. The number of aromatic nitrogens is 1. The first-order valence-electron chi connectivity index (χ1n) is 4.13. The van der Waals surface area contributed by atoms with Gasteiger partial charge in [0.1, 0.15) is 0 Å². The van der Waals surface area contributed by atoms with Gasteiger partial charge in [0, 0.05) is 23.3 Å². The maximum Gasteiger partial charge on any atom is 0.250 e. The molecule has 1 N–H and O–H groups in total. The van der Waals surface area contributed by atoms with Crippen molar-refractivity contribution in [1.29, 1.82) is 0 Å². The summed E-state index contributed by atoms with van der Waals surface area (Å²) in [6.45, 7) is 2.26. The monoisotopic (exact) mass is 245 g/mol. The molecule has 13 heavy (non-hydrogen) atoms. The highest BCUT2D eigenvalue weighted by molar-refractivity contribution is 9.10. The highest BCUT2D eigenvalue weighted by atomic mass is 79.9. The summed E-state index contributed by atoms with van der Waals surface area (Å²) >= 11 is 3.28. The summed E-state index contributed by atoms with van der Waals surface area (Å²) in [6.07, 6.45) is 1.95. The Bertz CT molecular complexity index is 333. The van der Waals surface area contributed by atoms with Gasteiger partial charge >= 0.3 is 0 Å². The third kappa shape index (κ3) is 3.32. The number of aliphatic hydroxyl groups excluding tert-OH is 1. The van der Waals surface area contributed by atoms with Crippen molar-refractivity contribution in [2.75, 3.05) is 0 Å². The van der Waals surface area contributed by atoms with Crippen LogP contribution < -0.4 is 5.56 Å². The summed E-state index contributed by atoms with van der Waals surface area (Å²) in [7, 11) is 0. The summed E-state index contributed by atoms with van der Waals surface area (Å²) in [5.41, 5.74) is -0.0381. The molecule has 0 saturated carbocycles. The van der Waals surface area contributed by atoms with Gasteiger partial charge in [-0.15, -0.1) is 0 Å². The van der Waals surface area contributed by atoms with Crippen LogP contribution in [0.15, 0.2) is 27.6 Å². The minimum absolute atomic E-state index is 0.0381. The molecule has 0 bridgehead atoms. The SMILES string of the molecule is CC(O)CCn1cc(Br)ccc1=O. The second-order valence-electron chi connectivity index (χ2n) is 3.02. The Labute approximate surface area is 85.1 Å². The summed E-state index contributed by atoms with van der Waals surface area (Å²) in [4.78, 5) is 11.2. The molecule has 3 nitrogen and oxygen atoms in total. The van der Waals surface area contributed by atoms with E-state index in [-0.39, 0.29) is 11.7 Å². The van der Waals surface area contributed by atoms with Crippen LogP contribution in [0.4, 0.5) is 0 Å². The predicted octanol–water partition coefficient (Wildman–Crippen LogP) is 1.38. The van der Waals surface area contributed by atoms with E-state index in [0.717, 1.165) is 4.47 Å². The molecule has 0 spiro atoms. The fraction of sp³-hybridized carbons (Fsp3) is 0.444. The molecule has 1 unspecified atom stereocenters. The van der Waals surface area contributed by atoms with Crippen LogP contribution in [0.1, 0.15) is 13.3 Å². The summed E-state index contributed by atoms with van der Waals surface area (Å²) in [5.74, 6) is 0. The molecular weight excluding hydrogens is 234 g/mol. The van der Waals surface area contributed by atoms with E-state index < -0.39 is 0 Å². The zero-order valence-corrected chi connectivity index (χ0v) is 8.99. The second-order valence-corrected chi connectivity index (χ2v) is 3.93. The molecule has 0 aromatic carbocycles. The Morgan fingerprint density at radius 2 is 2.31 bits per heavy atom. The first-order valence-corrected chi connectivity index (χ1v) is 4.93. The number of hydrogen-bond acceptors (Lipinski definition) is 2. The topological polar surface area (TPSA) is 42.2 Å². The minimum Gasteiger partial charge on any atom is -0.393 e. The summed E-state index contributed by atoms with van der Waals surface area (Å²) in [6, 6.07) is 3.22. The highest BCUT2D eigenvalue weighted by Gasteiger charge is 1.99. The van der Waals surface area contributed by atoms with Crippen LogP contribution in [0, 0.1) is 0 Å². The summed E-state index contributed by atoms with van der Waals surface area (Å²) in [5, 5.41) is 9.05. The highest BCUT2D eigenvalue weighted by Crippen LogP contribution is 2.05. The fourth-order valence-electron chi connectivity index (χ4n) is 1.00. The minimum atomic E-state index is -0.370. The van der Waals surface area contributed by atoms with Crippen LogP contribution in [-0.2, 0) is 6.54 Å². The molecule has 0 saturated heterocycles. The van der Waals surface area contributed by atoms with Crippen molar-refractivity contribution in [3.05, 3.63) is 33.2 Å². The third-order valence-electron chi connectivity index (χ3n) is 1.74. The number of nitrogens with zero attached hydrogens (tertiary/aromatic N) is 1. The fourth-order valence-corrected chi connectivity index (χ4v) is 1.38. The largest absolute Gasteiger partial charge is 0.393 e. The van der Waals surface area contributed by atoms with Gasteiger partial charge in [-0.25, -0.2) is 0 Å². The molecular formula is C9H12BrNO2. The molecule has 1 heterocycles. The van der Waals surface area contributed by atoms with E-state index in [1.165, 1.54) is 6.07 Å². The first-order chi connectivity index (χ1) is 6.09. The standard InChI is InChI=1S/C9H12BrNO2/c1-7(12)4-5-11-6-8(10)2-3-9(11)13/h2-3,6-7,12H,4-5H2,1H3. The number of hydrogen-bond donors (Lipinski definition) is 1. The van der Waals surface area contributed by atoms with Gasteiger partial charge in [0.2, 0.25) is 0 Å². The van der Waals surface area contributed by atoms with Crippen molar-refractivity contribution in [1.82, 2.24) is 4.57 Å². The number of aryl methyl sites for hydroxylation is 1. The van der Waals surface area contributed by atoms with Crippen molar-refractivity contribution >= 4 is 15.9 Å². The quantitative estimate of drug-likeness (QED) is 0.875. The number of halogens is 1. The van der Waals surface area contributed by atoms with Crippen LogP contribution in [0.2, 0.25) is 0 Å². The van der Waals surface area contributed by atoms with Gasteiger partial charge in [-0.2, -0.15) is 0 Å². The van der Waals surface area contributed by atoms with E-state index in [4.69, 9.17) is 5.11 Å². The van der Waals surface area contributed by atoms with Gasteiger partial charge < -0.3 is 9.67 Å². The van der Waals surface area contributed by atoms with Crippen molar-refractivity contribution < 1.29 is 5.11 Å². The normalized spacial score (nSPS) is 12.8. The lowest BCUT2D eigenvalue weighted by Crippen LogP contribution is -2.20. The lowest BCUT2D eigenvalue weighted by molar-refractivity contribution is 0.177. The molecule has 4 heteroatoms. The predicted molar refractivity (Wildman–Crippen MR) is 54.7 cm³/mol. The molecule has 0 aliphatic carbocycles. The molecule has 1 aromatic heterocycles. The van der Waals surface area contributed by atoms with Crippen LogP contribution in [-0.4, -0.2) is 15.8 Å². The third-order valence-corrected chi connectivity index (χ3v) is 2.20. The molecule has 1 aromatic rings. The van der Waals surface area contributed by atoms with Gasteiger partial charge in [0.15, 0.2) is 0 Å². The van der Waals surface area contributed by atoms with Crippen molar-refractivity contribution in [3.8, 4) is 0 Å². The first kappa shape index (κ1) is 10.5. The second kappa shape index (κ2) is 4.58. The maximum absolute atomic E-state index is 11.2. The van der Waals surface area contributed by atoms with E-state index >= 15 is 0 Å². The lowest BCUT2D eigenvalue weighted by Gasteiger charge is -2.07. The smallest absolute Gasteiger partial charge is 0.250 e. The van der Waals surface area contributed by atoms with Gasteiger partial charge in [0.05, 0.1) is 6.10 Å². The molecule has 1 rings (SSSR count). The Balaban J connectivity index is 2.76. The molecule has 0 aliphatic heterocycles. The van der Waals surface area contributed by atoms with E-state index in [1.807, 2.05) is 0 Å². The molecule has 0 aliphatic rings. The van der Waals surface area contributed by atoms with E-state index in [1.54, 1.807) is 23.8 Å². The van der Waals surface area contributed by atoms with Crippen LogP contribution in [0.3, 0.4) is 0 Å². The Hall–Kier alpha value is -0.610. The van der Waals surface area contributed by atoms with E-state index in [9.17, 15) is 4.79 Å². The zero-order chi connectivity index (χ0) is 9.84. The molecule has 72 valence electrons. The van der Waals surface area contributed by atoms with Gasteiger partial charge in [-0.3, -0.25) is 4.79 Å². The lowest BCUT2D eigenvalue weighted by atomic mass is 10.3. The van der Waals surface area contributed by atoms with Crippen molar-refractivity contribution in [3.63, 3.8) is 0 Å². The molecule has 0 fully saturated rings. The van der Waals surface area contributed by atoms with Gasteiger partial charge in [-0.1, -0.05) is 0 Å². The van der Waals surface area contributed by atoms with Crippen LogP contribution in [0.5, 0.6) is 0 Å². The average molecular weight is 246 g/mol. The Morgan fingerprint density at radius 1 is 1.62 bits per heavy atom. The van der Waals surface area contributed by atoms with Gasteiger partial charge in [0.25, 0.3) is 5.56 Å². The van der Waals surface area contributed by atoms with Crippen molar-refractivity contribution in [2.24, 2.45) is 0 Å². The maximum atomic E-state index is 11.2. The summed E-state index contributed by atoms with van der Waals surface area (Å²) < 4.78 is 2.45. The zero-order valence-electron chi connectivity index (χ0n) is 7.40. The molecule has 0 amide bonds. The average Bonchev–Trinajstić information content (AvgIpc) is 2.06. The van der Waals surface area contributed by atoms with E-state index in [2.05, 4.69) is 15.9 Å². The Kier molecular flexibility index (Phi) is 3.69. The number of pyridine rings is 1. The van der Waals surface area contributed by atoms with Crippen LogP contribution >= 0.6 is 15.9 Å². The number of rotatable bonds is 3. The Morgan fingerprint density at radius 3 is 2.92 bits per heavy atom. The molecule has 0 radical (unpaired) electrons. The molecule has 1 atom stereocenters. The van der Waals surface area contributed by atoms with Gasteiger partial charge in [-0.05, 0) is 35.3 Å². The van der Waals surface area contributed by atoms with E-state index in [0.29, 0.717) is 13.0 Å².